The van der Waals surface area contributed by atoms with Crippen molar-refractivity contribution >= 4 is 6.09 Å². The summed E-state index contributed by atoms with van der Waals surface area (Å²) in [6.45, 7) is 14.7. The van der Waals surface area contributed by atoms with Crippen LogP contribution in [0.15, 0.2) is 24.3 Å². The number of rotatable bonds is 8. The molecule has 3 saturated heterocycles. The van der Waals surface area contributed by atoms with Crippen LogP contribution in [0.1, 0.15) is 74.8 Å². The average Bonchev–Trinajstić information content (AvgIpc) is 3.13. The maximum atomic E-state index is 13.1. The van der Waals surface area contributed by atoms with E-state index in [0.29, 0.717) is 5.92 Å². The Morgan fingerprint density at radius 2 is 1.82 bits per heavy atom. The van der Waals surface area contributed by atoms with Crippen LogP contribution in [0.25, 0.3) is 11.1 Å². The first-order chi connectivity index (χ1) is 18.2. The molecule has 4 aliphatic rings. The van der Waals surface area contributed by atoms with Gasteiger partial charge in [-0.25, -0.2) is 4.79 Å². The lowest BCUT2D eigenvalue weighted by Crippen LogP contribution is -2.53. The second-order valence-electron chi connectivity index (χ2n) is 12.2. The van der Waals surface area contributed by atoms with Crippen molar-refractivity contribution in [3.05, 3.63) is 46.5 Å². The number of hydrogen-bond acceptors (Lipinski definition) is 5. The smallest absolute Gasteiger partial charge is 0.407 e. The van der Waals surface area contributed by atoms with Gasteiger partial charge in [0.15, 0.2) is 0 Å². The van der Waals surface area contributed by atoms with Gasteiger partial charge in [-0.2, -0.15) is 0 Å². The molecule has 206 valence electrons. The van der Waals surface area contributed by atoms with Crippen molar-refractivity contribution in [2.24, 2.45) is 11.3 Å². The molecule has 3 fully saturated rings. The van der Waals surface area contributed by atoms with Crippen LogP contribution in [0.2, 0.25) is 0 Å². The summed E-state index contributed by atoms with van der Waals surface area (Å²) in [6.07, 6.45) is 4.99. The molecule has 2 atom stereocenters. The Hall–Kier alpha value is -2.73. The van der Waals surface area contributed by atoms with Crippen molar-refractivity contribution in [3.8, 4) is 22.6 Å². The van der Waals surface area contributed by atoms with E-state index in [2.05, 4.69) is 69.1 Å². The van der Waals surface area contributed by atoms with E-state index in [1.807, 2.05) is 0 Å². The minimum Gasteiger partial charge on any atom is -0.496 e. The predicted octanol–water partition coefficient (Wildman–Crippen LogP) is 6.60. The van der Waals surface area contributed by atoms with Gasteiger partial charge < -0.3 is 19.5 Å². The van der Waals surface area contributed by atoms with Crippen LogP contribution in [0, 0.1) is 25.2 Å². The van der Waals surface area contributed by atoms with Gasteiger partial charge in [-0.15, -0.1) is 0 Å². The first-order valence-electron chi connectivity index (χ1n) is 14.3. The summed E-state index contributed by atoms with van der Waals surface area (Å²) < 4.78 is 18.0. The molecule has 2 bridgehead atoms. The largest absolute Gasteiger partial charge is 0.496 e. The van der Waals surface area contributed by atoms with Gasteiger partial charge in [-0.3, -0.25) is 4.90 Å². The molecule has 0 saturated carbocycles. The zero-order valence-corrected chi connectivity index (χ0v) is 24.0. The highest BCUT2D eigenvalue weighted by molar-refractivity contribution is 5.76. The molecule has 0 spiro atoms. The zero-order chi connectivity index (χ0) is 27.0. The SMILES string of the molecule is CCCCOc1c(C)cc(-c2cc3c(cc2OC)C(NC(=O)O[C@H]2CN4CCC2CC4)C(C)(C)C3)cc1C. The van der Waals surface area contributed by atoms with Crippen molar-refractivity contribution in [1.82, 2.24) is 10.2 Å². The summed E-state index contributed by atoms with van der Waals surface area (Å²) in [5.74, 6) is 2.29. The number of piperidine rings is 3. The highest BCUT2D eigenvalue weighted by Gasteiger charge is 2.42. The van der Waals surface area contributed by atoms with Gasteiger partial charge in [0.05, 0.1) is 19.8 Å². The summed E-state index contributed by atoms with van der Waals surface area (Å²) >= 11 is 0. The van der Waals surface area contributed by atoms with Crippen LogP contribution in [0.4, 0.5) is 4.79 Å². The zero-order valence-electron chi connectivity index (χ0n) is 24.0. The highest BCUT2D eigenvalue weighted by Crippen LogP contribution is 2.49. The van der Waals surface area contributed by atoms with Gasteiger partial charge in [-0.05, 0) is 116 Å². The van der Waals surface area contributed by atoms with E-state index in [1.165, 1.54) is 5.56 Å². The Balaban J connectivity index is 1.38. The fourth-order valence-electron chi connectivity index (χ4n) is 6.73. The highest BCUT2D eigenvalue weighted by atomic mass is 16.6. The third-order valence-corrected chi connectivity index (χ3v) is 8.83. The third-order valence-electron chi connectivity index (χ3n) is 8.83. The van der Waals surface area contributed by atoms with Crippen LogP contribution < -0.4 is 14.8 Å². The lowest BCUT2D eigenvalue weighted by Gasteiger charge is -2.44. The Labute approximate surface area is 228 Å². The molecule has 3 aliphatic heterocycles. The molecule has 6 nitrogen and oxygen atoms in total. The van der Waals surface area contributed by atoms with Gasteiger partial charge in [0.2, 0.25) is 0 Å². The molecular formula is C32H44N2O4. The number of hydrogen-bond donors (Lipinski definition) is 1. The molecule has 3 heterocycles. The lowest BCUT2D eigenvalue weighted by atomic mass is 9.85. The topological polar surface area (TPSA) is 60.0 Å². The second-order valence-corrected chi connectivity index (χ2v) is 12.2. The van der Waals surface area contributed by atoms with E-state index in [0.717, 1.165) is 97.7 Å². The first-order valence-corrected chi connectivity index (χ1v) is 14.3. The molecule has 1 unspecified atom stereocenters. The molecule has 6 heteroatoms. The fraction of sp³-hybridized carbons (Fsp3) is 0.594. The second kappa shape index (κ2) is 10.8. The van der Waals surface area contributed by atoms with Crippen molar-refractivity contribution in [3.63, 3.8) is 0 Å². The van der Waals surface area contributed by atoms with Gasteiger partial charge in [-0.1, -0.05) is 27.2 Å². The molecule has 1 N–H and O–H groups in total. The van der Waals surface area contributed by atoms with Crippen molar-refractivity contribution in [2.45, 2.75) is 78.9 Å². The standard InChI is InChI=1S/C32H44N2O4/c1-7-8-13-37-29-20(2)14-23(15-21(29)3)25-16-24-18-32(4,5)30(26(24)17-27(25)36-6)33-31(35)38-28-19-34-11-9-22(28)10-12-34/h14-17,22,28,30H,7-13,18-19H2,1-6H3,(H,33,35)/t28-,30?/m0/s1. The number of unbranched alkanes of at least 4 members (excludes halogenated alkanes) is 1. The summed E-state index contributed by atoms with van der Waals surface area (Å²) in [4.78, 5) is 15.5. The number of alkyl carbamates (subject to hydrolysis) is 1. The van der Waals surface area contributed by atoms with Crippen LogP contribution in [0.3, 0.4) is 0 Å². The van der Waals surface area contributed by atoms with Gasteiger partial charge in [0.25, 0.3) is 0 Å². The normalized spacial score (nSPS) is 25.1. The number of ether oxygens (including phenoxy) is 3. The van der Waals surface area contributed by atoms with Crippen molar-refractivity contribution < 1.29 is 19.0 Å². The molecule has 1 amide bonds. The molecule has 6 rings (SSSR count). The Morgan fingerprint density at radius 1 is 1.11 bits per heavy atom. The lowest BCUT2D eigenvalue weighted by molar-refractivity contribution is -0.0349. The number of nitrogens with one attached hydrogen (secondary N) is 1. The van der Waals surface area contributed by atoms with Gasteiger partial charge in [0, 0.05) is 12.1 Å². The number of fused-ring (bicyclic) bond motifs is 4. The fourth-order valence-corrected chi connectivity index (χ4v) is 6.73. The maximum Gasteiger partial charge on any atom is 0.407 e. The number of carbonyl (C=O) groups excluding carboxylic acids is 1. The molecular weight excluding hydrogens is 476 g/mol. The number of nitrogens with zero attached hydrogens (tertiary/aromatic N) is 1. The summed E-state index contributed by atoms with van der Waals surface area (Å²) in [5, 5.41) is 3.24. The van der Waals surface area contributed by atoms with E-state index in [1.54, 1.807) is 7.11 Å². The minimum absolute atomic E-state index is 0.00111. The van der Waals surface area contributed by atoms with E-state index in [4.69, 9.17) is 14.2 Å². The van der Waals surface area contributed by atoms with E-state index < -0.39 is 0 Å². The number of methoxy groups -OCH3 is 1. The van der Waals surface area contributed by atoms with Crippen LogP contribution in [0.5, 0.6) is 11.5 Å². The van der Waals surface area contributed by atoms with Crippen molar-refractivity contribution in [1.29, 1.82) is 0 Å². The molecule has 0 radical (unpaired) electrons. The van der Waals surface area contributed by atoms with Gasteiger partial charge >= 0.3 is 6.09 Å². The predicted molar refractivity (Wildman–Crippen MR) is 151 cm³/mol. The van der Waals surface area contributed by atoms with Crippen molar-refractivity contribution in [2.75, 3.05) is 33.4 Å². The van der Waals surface area contributed by atoms with E-state index in [9.17, 15) is 4.79 Å². The van der Waals surface area contributed by atoms with E-state index in [-0.39, 0.29) is 23.7 Å². The average molecular weight is 521 g/mol. The number of carbonyl (C=O) groups is 1. The molecule has 1 aliphatic carbocycles. The molecule has 2 aromatic rings. The molecule has 2 aromatic carbocycles. The summed E-state index contributed by atoms with van der Waals surface area (Å²) in [6, 6.07) is 8.63. The minimum atomic E-state index is -0.303. The quantitative estimate of drug-likeness (QED) is 0.397. The van der Waals surface area contributed by atoms with E-state index >= 15 is 0 Å². The summed E-state index contributed by atoms with van der Waals surface area (Å²) in [7, 11) is 1.72. The first kappa shape index (κ1) is 26.9. The van der Waals surface area contributed by atoms with Gasteiger partial charge in [0.1, 0.15) is 17.6 Å². The number of aryl methyl sites for hydroxylation is 2. The Kier molecular flexibility index (Phi) is 7.63. The van der Waals surface area contributed by atoms with Crippen LogP contribution >= 0.6 is 0 Å². The Morgan fingerprint density at radius 3 is 2.42 bits per heavy atom. The third kappa shape index (κ3) is 5.25. The Bertz CT molecular complexity index is 1160. The molecule has 38 heavy (non-hydrogen) atoms. The maximum absolute atomic E-state index is 13.1. The summed E-state index contributed by atoms with van der Waals surface area (Å²) in [5.41, 5.74) is 6.69. The van der Waals surface area contributed by atoms with Crippen LogP contribution in [-0.4, -0.2) is 50.4 Å². The van der Waals surface area contributed by atoms with Crippen LogP contribution in [-0.2, 0) is 11.2 Å². The molecule has 0 aromatic heterocycles. The number of benzene rings is 2. The monoisotopic (exact) mass is 520 g/mol. The number of amides is 1.